The standard InChI is InChI=1S/C22H17F4N5O2S2/c1-11-6-19-15(7-17(11)23)16(8-27)20(31(19)21-29-12(2)10-34-21)18-5-4-14(9-28-18)35(32,33)30-13(3)22(24,25)26/h4-7,9-10,13,30H,1-3H3. The van der Waals surface area contributed by atoms with Crippen molar-refractivity contribution in [2.75, 3.05) is 0 Å². The van der Waals surface area contributed by atoms with E-state index in [1.165, 1.54) is 23.5 Å². The molecular formula is C22H17F4N5O2S2. The van der Waals surface area contributed by atoms with Gasteiger partial charge >= 0.3 is 6.18 Å². The summed E-state index contributed by atoms with van der Waals surface area (Å²) in [5.41, 5.74) is 2.07. The van der Waals surface area contributed by atoms with Crippen LogP contribution in [-0.4, -0.2) is 35.2 Å². The van der Waals surface area contributed by atoms with Crippen LogP contribution in [0.4, 0.5) is 17.6 Å². The molecule has 1 atom stereocenters. The Morgan fingerprint density at radius 2 is 1.94 bits per heavy atom. The van der Waals surface area contributed by atoms with Gasteiger partial charge in [0.25, 0.3) is 0 Å². The van der Waals surface area contributed by atoms with E-state index in [2.05, 4.69) is 16.0 Å². The summed E-state index contributed by atoms with van der Waals surface area (Å²) in [4.78, 5) is 8.12. The van der Waals surface area contributed by atoms with Crippen LogP contribution in [0.15, 0.2) is 40.7 Å². The van der Waals surface area contributed by atoms with Crippen molar-refractivity contribution in [2.45, 2.75) is 37.9 Å². The Hall–Kier alpha value is -3.34. The number of thiazole rings is 1. The zero-order valence-corrected chi connectivity index (χ0v) is 20.1. The molecule has 1 aromatic carbocycles. The van der Waals surface area contributed by atoms with Crippen LogP contribution in [0.2, 0.25) is 0 Å². The second kappa shape index (κ2) is 8.71. The number of aromatic nitrogens is 3. The van der Waals surface area contributed by atoms with Crippen LogP contribution in [0, 0.1) is 31.0 Å². The molecule has 0 spiro atoms. The van der Waals surface area contributed by atoms with E-state index in [-0.39, 0.29) is 17.0 Å². The third-order valence-corrected chi connectivity index (χ3v) is 7.74. The normalized spacial score (nSPS) is 13.2. The van der Waals surface area contributed by atoms with Gasteiger partial charge in [-0.15, -0.1) is 11.3 Å². The summed E-state index contributed by atoms with van der Waals surface area (Å²) in [5, 5.41) is 12.5. The quantitative estimate of drug-likeness (QED) is 0.371. The fourth-order valence-corrected chi connectivity index (χ4v) is 5.45. The number of alkyl halides is 3. The summed E-state index contributed by atoms with van der Waals surface area (Å²) in [6.07, 6.45) is -3.86. The predicted octanol–water partition coefficient (Wildman–Crippen LogP) is 5.01. The first-order valence-corrected chi connectivity index (χ1v) is 12.4. The molecule has 0 amide bonds. The van der Waals surface area contributed by atoms with Gasteiger partial charge in [-0.3, -0.25) is 9.55 Å². The molecule has 4 aromatic rings. The number of nitriles is 1. The second-order valence-corrected chi connectivity index (χ2v) is 10.4. The minimum absolute atomic E-state index is 0.0960. The van der Waals surface area contributed by atoms with E-state index >= 15 is 0 Å². The maximum Gasteiger partial charge on any atom is 0.404 e. The van der Waals surface area contributed by atoms with Crippen LogP contribution >= 0.6 is 11.3 Å². The Morgan fingerprint density at radius 1 is 1.23 bits per heavy atom. The lowest BCUT2D eigenvalue weighted by Gasteiger charge is -2.17. The molecule has 0 aliphatic rings. The molecule has 0 radical (unpaired) electrons. The maximum atomic E-state index is 14.4. The van der Waals surface area contributed by atoms with Gasteiger partial charge in [0.15, 0.2) is 5.13 Å². The molecule has 7 nitrogen and oxygen atoms in total. The highest BCUT2D eigenvalue weighted by atomic mass is 32.2. The molecule has 182 valence electrons. The zero-order valence-electron chi connectivity index (χ0n) is 18.5. The van der Waals surface area contributed by atoms with Crippen molar-refractivity contribution in [1.29, 1.82) is 5.26 Å². The number of sulfonamides is 1. The van der Waals surface area contributed by atoms with E-state index < -0.39 is 33.0 Å². The molecule has 1 unspecified atom stereocenters. The van der Waals surface area contributed by atoms with E-state index in [0.29, 0.717) is 28.5 Å². The number of rotatable bonds is 5. The van der Waals surface area contributed by atoms with Crippen LogP contribution in [0.25, 0.3) is 27.4 Å². The highest BCUT2D eigenvalue weighted by Gasteiger charge is 2.39. The van der Waals surface area contributed by atoms with Gasteiger partial charge < -0.3 is 0 Å². The Balaban J connectivity index is 1.90. The van der Waals surface area contributed by atoms with Gasteiger partial charge in [0.05, 0.1) is 28.2 Å². The monoisotopic (exact) mass is 523 g/mol. The fourth-order valence-electron chi connectivity index (χ4n) is 3.46. The van der Waals surface area contributed by atoms with Crippen LogP contribution in [0.3, 0.4) is 0 Å². The highest BCUT2D eigenvalue weighted by Crippen LogP contribution is 2.37. The first-order valence-electron chi connectivity index (χ1n) is 10.1. The van der Waals surface area contributed by atoms with Gasteiger partial charge in [-0.2, -0.15) is 23.2 Å². The van der Waals surface area contributed by atoms with Crippen LogP contribution in [0.5, 0.6) is 0 Å². The lowest BCUT2D eigenvalue weighted by molar-refractivity contribution is -0.147. The lowest BCUT2D eigenvalue weighted by atomic mass is 10.1. The lowest BCUT2D eigenvalue weighted by Crippen LogP contribution is -2.42. The minimum atomic E-state index is -4.76. The first kappa shape index (κ1) is 24.8. The number of halogens is 4. The van der Waals surface area contributed by atoms with Crippen molar-refractivity contribution in [1.82, 2.24) is 19.3 Å². The van der Waals surface area contributed by atoms with E-state index in [9.17, 15) is 31.2 Å². The van der Waals surface area contributed by atoms with Crippen LogP contribution < -0.4 is 4.72 Å². The molecule has 0 aliphatic carbocycles. The zero-order chi connectivity index (χ0) is 25.7. The van der Waals surface area contributed by atoms with Gasteiger partial charge in [-0.05, 0) is 50.6 Å². The molecule has 13 heteroatoms. The number of benzene rings is 1. The Labute approximate surface area is 201 Å². The Morgan fingerprint density at radius 3 is 2.49 bits per heavy atom. The third-order valence-electron chi connectivity index (χ3n) is 5.27. The third kappa shape index (κ3) is 4.52. The van der Waals surface area contributed by atoms with Crippen molar-refractivity contribution in [2.24, 2.45) is 0 Å². The maximum absolute atomic E-state index is 14.4. The summed E-state index contributed by atoms with van der Waals surface area (Å²) >= 11 is 1.29. The summed E-state index contributed by atoms with van der Waals surface area (Å²) in [6, 6.07) is 4.95. The first-order chi connectivity index (χ1) is 16.3. The van der Waals surface area contributed by atoms with Crippen LogP contribution in [0.1, 0.15) is 23.7 Å². The molecular weight excluding hydrogens is 506 g/mol. The molecule has 0 aliphatic heterocycles. The molecule has 0 saturated carbocycles. The van der Waals surface area contributed by atoms with Gasteiger partial charge in [0.2, 0.25) is 10.0 Å². The van der Waals surface area contributed by atoms with Gasteiger partial charge in [-0.1, -0.05) is 0 Å². The van der Waals surface area contributed by atoms with Crippen molar-refractivity contribution < 1.29 is 26.0 Å². The average molecular weight is 524 g/mol. The molecule has 0 saturated heterocycles. The number of nitrogens with zero attached hydrogens (tertiary/aromatic N) is 4. The van der Waals surface area contributed by atoms with E-state index in [1.807, 2.05) is 0 Å². The number of nitrogens with one attached hydrogen (secondary N) is 1. The number of pyridine rings is 1. The second-order valence-electron chi connectivity index (χ2n) is 7.82. The molecule has 3 heterocycles. The number of hydrogen-bond donors (Lipinski definition) is 1. The molecule has 0 bridgehead atoms. The van der Waals surface area contributed by atoms with Gasteiger partial charge in [0, 0.05) is 17.0 Å². The Kier molecular flexibility index (Phi) is 6.16. The van der Waals surface area contributed by atoms with Crippen molar-refractivity contribution >= 4 is 32.3 Å². The largest absolute Gasteiger partial charge is 0.404 e. The predicted molar refractivity (Wildman–Crippen MR) is 122 cm³/mol. The summed E-state index contributed by atoms with van der Waals surface area (Å²) < 4.78 is 80.9. The smallest absolute Gasteiger partial charge is 0.282 e. The molecule has 1 N–H and O–H groups in total. The van der Waals surface area contributed by atoms with E-state index in [0.717, 1.165) is 18.0 Å². The van der Waals surface area contributed by atoms with E-state index in [1.54, 1.807) is 34.6 Å². The van der Waals surface area contributed by atoms with E-state index in [4.69, 9.17) is 0 Å². The Bertz CT molecular complexity index is 1580. The average Bonchev–Trinajstić information content (AvgIpc) is 3.33. The number of fused-ring (bicyclic) bond motifs is 1. The van der Waals surface area contributed by atoms with Crippen molar-refractivity contribution in [3.63, 3.8) is 0 Å². The fraction of sp³-hybridized carbons (Fsp3) is 0.227. The summed E-state index contributed by atoms with van der Waals surface area (Å²) in [6.45, 7) is 4.06. The van der Waals surface area contributed by atoms with Crippen molar-refractivity contribution in [3.05, 3.63) is 58.5 Å². The van der Waals surface area contributed by atoms with Gasteiger partial charge in [-0.25, -0.2) is 17.8 Å². The molecule has 0 fully saturated rings. The summed E-state index contributed by atoms with van der Waals surface area (Å²) in [5.74, 6) is -0.507. The number of aryl methyl sites for hydroxylation is 2. The summed E-state index contributed by atoms with van der Waals surface area (Å²) in [7, 11) is -4.52. The minimum Gasteiger partial charge on any atom is -0.282 e. The molecule has 35 heavy (non-hydrogen) atoms. The SMILES string of the molecule is Cc1csc(-n2c(-c3ccc(S(=O)(=O)NC(C)C(F)(F)F)cn3)c(C#N)c3cc(F)c(C)cc32)n1. The molecule has 3 aromatic heterocycles. The van der Waals surface area contributed by atoms with Crippen molar-refractivity contribution in [3.8, 4) is 22.6 Å². The number of hydrogen-bond acceptors (Lipinski definition) is 6. The topological polar surface area (TPSA) is 101 Å². The van der Waals surface area contributed by atoms with Gasteiger partial charge in [0.1, 0.15) is 22.8 Å². The highest BCUT2D eigenvalue weighted by molar-refractivity contribution is 7.89. The van der Waals surface area contributed by atoms with Crippen LogP contribution in [-0.2, 0) is 10.0 Å². The molecule has 4 rings (SSSR count).